The Balaban J connectivity index is 1.28. The molecule has 0 bridgehead atoms. The van der Waals surface area contributed by atoms with Gasteiger partial charge in [-0.05, 0) is 25.7 Å². The Labute approximate surface area is 154 Å². The summed E-state index contributed by atoms with van der Waals surface area (Å²) in [7, 11) is 0. The van der Waals surface area contributed by atoms with Gasteiger partial charge in [0, 0.05) is 36.8 Å². The highest BCUT2D eigenvalue weighted by molar-refractivity contribution is 5.80. The summed E-state index contributed by atoms with van der Waals surface area (Å²) in [6.07, 6.45) is 9.99. The maximum Gasteiger partial charge on any atom is 0.226 e. The Morgan fingerprint density at radius 2 is 1.88 bits per heavy atom. The van der Waals surface area contributed by atoms with E-state index in [-0.39, 0.29) is 17.4 Å². The fourth-order valence-electron chi connectivity index (χ4n) is 4.96. The molecule has 26 heavy (non-hydrogen) atoms. The molecule has 3 aliphatic heterocycles. The number of likely N-dealkylation sites (tertiary alicyclic amines) is 1. The molecule has 2 saturated heterocycles. The minimum Gasteiger partial charge on any atom is -0.381 e. The SMILES string of the molecule is O=C(C1CCOCC1)N1CC2(C1)OCc1nc(C3CCCCC3)ncc12. The number of hydrogen-bond acceptors (Lipinski definition) is 5. The maximum atomic E-state index is 12.7. The van der Waals surface area contributed by atoms with Crippen LogP contribution >= 0.6 is 0 Å². The second-order valence-electron chi connectivity index (χ2n) is 8.29. The Morgan fingerprint density at radius 1 is 1.12 bits per heavy atom. The van der Waals surface area contributed by atoms with E-state index in [1.54, 1.807) is 0 Å². The zero-order valence-electron chi connectivity index (χ0n) is 15.3. The molecule has 1 saturated carbocycles. The number of amides is 1. The van der Waals surface area contributed by atoms with Gasteiger partial charge in [-0.2, -0.15) is 0 Å². The van der Waals surface area contributed by atoms with Crippen molar-refractivity contribution in [3.8, 4) is 0 Å². The fourth-order valence-corrected chi connectivity index (χ4v) is 4.96. The van der Waals surface area contributed by atoms with Crippen LogP contribution in [-0.4, -0.2) is 47.1 Å². The van der Waals surface area contributed by atoms with E-state index in [9.17, 15) is 4.79 Å². The molecule has 140 valence electrons. The topological polar surface area (TPSA) is 64.5 Å². The number of carbonyl (C=O) groups excluding carboxylic acids is 1. The van der Waals surface area contributed by atoms with Gasteiger partial charge in [0.15, 0.2) is 0 Å². The zero-order valence-corrected chi connectivity index (χ0v) is 15.3. The average Bonchev–Trinajstić information content (AvgIpc) is 3.07. The molecule has 1 aliphatic carbocycles. The van der Waals surface area contributed by atoms with Crippen LogP contribution in [0.5, 0.6) is 0 Å². The highest BCUT2D eigenvalue weighted by Gasteiger charge is 2.53. The lowest BCUT2D eigenvalue weighted by atomic mass is 9.85. The predicted octanol–water partition coefficient (Wildman–Crippen LogP) is 2.52. The largest absolute Gasteiger partial charge is 0.381 e. The summed E-state index contributed by atoms with van der Waals surface area (Å²) < 4.78 is 11.5. The van der Waals surface area contributed by atoms with Gasteiger partial charge in [-0.25, -0.2) is 9.97 Å². The van der Waals surface area contributed by atoms with Crippen molar-refractivity contribution in [1.29, 1.82) is 0 Å². The molecule has 5 rings (SSSR count). The molecule has 0 aromatic carbocycles. The molecule has 0 radical (unpaired) electrons. The van der Waals surface area contributed by atoms with Crippen molar-refractivity contribution < 1.29 is 14.3 Å². The van der Waals surface area contributed by atoms with Crippen LogP contribution in [0.3, 0.4) is 0 Å². The third kappa shape index (κ3) is 2.74. The number of hydrogen-bond donors (Lipinski definition) is 0. The van der Waals surface area contributed by atoms with E-state index in [1.807, 2.05) is 11.1 Å². The molecule has 0 atom stereocenters. The molecule has 0 unspecified atom stereocenters. The molecule has 0 N–H and O–H groups in total. The summed E-state index contributed by atoms with van der Waals surface area (Å²) in [6.45, 7) is 3.24. The lowest BCUT2D eigenvalue weighted by molar-refractivity contribution is -0.174. The van der Waals surface area contributed by atoms with Crippen LogP contribution < -0.4 is 0 Å². The Kier molecular flexibility index (Phi) is 4.20. The molecule has 1 aromatic heterocycles. The second-order valence-corrected chi connectivity index (χ2v) is 8.29. The van der Waals surface area contributed by atoms with E-state index in [0.717, 1.165) is 29.9 Å². The van der Waals surface area contributed by atoms with Crippen molar-refractivity contribution in [1.82, 2.24) is 14.9 Å². The first kappa shape index (κ1) is 16.6. The summed E-state index contributed by atoms with van der Waals surface area (Å²) in [5, 5.41) is 0. The molecule has 1 spiro atoms. The lowest BCUT2D eigenvalue weighted by Crippen LogP contribution is -2.62. The van der Waals surface area contributed by atoms with Crippen LogP contribution in [0, 0.1) is 5.92 Å². The van der Waals surface area contributed by atoms with Crippen LogP contribution in [0.4, 0.5) is 0 Å². The van der Waals surface area contributed by atoms with Gasteiger partial charge in [-0.3, -0.25) is 4.79 Å². The fraction of sp³-hybridized carbons (Fsp3) is 0.750. The van der Waals surface area contributed by atoms with Crippen LogP contribution in [0.25, 0.3) is 0 Å². The van der Waals surface area contributed by atoms with E-state index in [1.165, 1.54) is 32.1 Å². The molecule has 6 nitrogen and oxygen atoms in total. The van der Waals surface area contributed by atoms with Gasteiger partial charge in [-0.15, -0.1) is 0 Å². The van der Waals surface area contributed by atoms with E-state index in [2.05, 4.69) is 0 Å². The minimum atomic E-state index is -0.360. The normalized spacial score (nSPS) is 25.9. The summed E-state index contributed by atoms with van der Waals surface area (Å²) in [4.78, 5) is 24.2. The highest BCUT2D eigenvalue weighted by atomic mass is 16.5. The molecule has 1 amide bonds. The van der Waals surface area contributed by atoms with Gasteiger partial charge >= 0.3 is 0 Å². The van der Waals surface area contributed by atoms with Crippen molar-refractivity contribution in [3.63, 3.8) is 0 Å². The molecule has 3 fully saturated rings. The van der Waals surface area contributed by atoms with E-state index in [4.69, 9.17) is 19.4 Å². The lowest BCUT2D eigenvalue weighted by Gasteiger charge is -2.48. The third-order valence-electron chi connectivity index (χ3n) is 6.61. The summed E-state index contributed by atoms with van der Waals surface area (Å²) in [5.74, 6) is 1.89. The van der Waals surface area contributed by atoms with Crippen molar-refractivity contribution in [2.75, 3.05) is 26.3 Å². The van der Waals surface area contributed by atoms with Crippen LogP contribution in [0.15, 0.2) is 6.20 Å². The van der Waals surface area contributed by atoms with Crippen LogP contribution in [-0.2, 0) is 26.5 Å². The van der Waals surface area contributed by atoms with Gasteiger partial charge in [-0.1, -0.05) is 19.3 Å². The maximum absolute atomic E-state index is 12.7. The number of fused-ring (bicyclic) bond motifs is 2. The number of ether oxygens (including phenoxy) is 2. The molecular weight excluding hydrogens is 330 g/mol. The van der Waals surface area contributed by atoms with Gasteiger partial charge in [0.05, 0.1) is 25.4 Å². The third-order valence-corrected chi connectivity index (χ3v) is 6.61. The van der Waals surface area contributed by atoms with Crippen LogP contribution in [0.2, 0.25) is 0 Å². The van der Waals surface area contributed by atoms with Crippen molar-refractivity contribution in [2.24, 2.45) is 5.92 Å². The first-order valence-corrected chi connectivity index (χ1v) is 10.1. The number of aromatic nitrogens is 2. The summed E-state index contributed by atoms with van der Waals surface area (Å²) in [5.41, 5.74) is 1.79. The summed E-state index contributed by atoms with van der Waals surface area (Å²) in [6, 6.07) is 0. The van der Waals surface area contributed by atoms with Crippen molar-refractivity contribution >= 4 is 5.91 Å². The highest BCUT2D eigenvalue weighted by Crippen LogP contribution is 2.44. The Hall–Kier alpha value is -1.53. The standard InChI is InChI=1S/C20H27N3O3/c24-19(15-6-8-25-9-7-15)23-12-20(13-23)16-10-21-18(22-17(16)11-26-20)14-4-2-1-3-5-14/h10,14-15H,1-9,11-13H2. The minimum absolute atomic E-state index is 0.118. The van der Waals surface area contributed by atoms with Gasteiger partial charge in [0.2, 0.25) is 5.91 Å². The Morgan fingerprint density at radius 3 is 2.65 bits per heavy atom. The van der Waals surface area contributed by atoms with Gasteiger partial charge in [0.25, 0.3) is 0 Å². The first-order valence-electron chi connectivity index (χ1n) is 10.1. The number of rotatable bonds is 2. The zero-order chi connectivity index (χ0) is 17.6. The van der Waals surface area contributed by atoms with Gasteiger partial charge < -0.3 is 14.4 Å². The number of carbonyl (C=O) groups is 1. The smallest absolute Gasteiger partial charge is 0.226 e. The predicted molar refractivity (Wildman–Crippen MR) is 94.4 cm³/mol. The second kappa shape index (κ2) is 6.57. The molecule has 1 aromatic rings. The van der Waals surface area contributed by atoms with Crippen LogP contribution in [0.1, 0.15) is 67.9 Å². The number of nitrogens with zero attached hydrogens (tertiary/aromatic N) is 3. The molecule has 6 heteroatoms. The summed E-state index contributed by atoms with van der Waals surface area (Å²) >= 11 is 0. The molecule has 4 heterocycles. The van der Waals surface area contributed by atoms with E-state index >= 15 is 0 Å². The Bertz CT molecular complexity index is 690. The quantitative estimate of drug-likeness (QED) is 0.814. The monoisotopic (exact) mass is 357 g/mol. The average molecular weight is 357 g/mol. The van der Waals surface area contributed by atoms with E-state index in [0.29, 0.717) is 38.8 Å². The van der Waals surface area contributed by atoms with Crippen molar-refractivity contribution in [2.45, 2.75) is 63.1 Å². The molecular formula is C20H27N3O3. The first-order chi connectivity index (χ1) is 12.8. The van der Waals surface area contributed by atoms with Crippen molar-refractivity contribution in [3.05, 3.63) is 23.3 Å². The van der Waals surface area contributed by atoms with E-state index < -0.39 is 0 Å². The molecule has 4 aliphatic rings. The van der Waals surface area contributed by atoms with Gasteiger partial charge in [0.1, 0.15) is 11.4 Å².